The molecule has 0 aromatic heterocycles. The summed E-state index contributed by atoms with van der Waals surface area (Å²) < 4.78 is 46.5. The van der Waals surface area contributed by atoms with Crippen molar-refractivity contribution in [3.05, 3.63) is 41.6 Å². The van der Waals surface area contributed by atoms with Gasteiger partial charge in [0.25, 0.3) is 0 Å². The Labute approximate surface area is 241 Å². The second-order valence-electron chi connectivity index (χ2n) is 9.64. The largest absolute Gasteiger partial charge is 0.504 e. The Morgan fingerprint density at radius 1 is 1.09 bits per heavy atom. The Balaban J connectivity index is 1.62. The van der Waals surface area contributed by atoms with Gasteiger partial charge in [0.1, 0.15) is 36.2 Å². The van der Waals surface area contributed by atoms with Crippen LogP contribution in [0.4, 0.5) is 5.69 Å². The Kier molecular flexibility index (Phi) is 9.06. The number of dihydropyridines is 1. The smallest absolute Gasteiger partial charge is 0.397 e. The Bertz CT molecular complexity index is 1500. The molecule has 0 aliphatic carbocycles. The monoisotopic (exact) mass is 630 g/mol. The number of fused-ring (bicyclic) bond motifs is 1. The fourth-order valence-electron chi connectivity index (χ4n) is 4.75. The highest BCUT2D eigenvalue weighted by atomic mass is 32.3. The number of benzene rings is 1. The quantitative estimate of drug-likeness (QED) is 0.130. The van der Waals surface area contributed by atoms with Crippen molar-refractivity contribution in [3.8, 4) is 11.5 Å². The lowest BCUT2D eigenvalue weighted by atomic mass is 9.99. The molecule has 3 aliphatic heterocycles. The average molecular weight is 631 g/mol. The number of rotatable bonds is 10. The lowest BCUT2D eigenvalue weighted by Gasteiger charge is -2.40. The van der Waals surface area contributed by atoms with Gasteiger partial charge in [-0.25, -0.2) is 18.6 Å². The van der Waals surface area contributed by atoms with Crippen LogP contribution in [0.15, 0.2) is 41.1 Å². The van der Waals surface area contributed by atoms with Gasteiger partial charge in [0.2, 0.25) is 6.29 Å². The number of carbonyl (C=O) groups is 3. The Hall–Kier alpha value is -4.11. The molecule has 0 bridgehead atoms. The van der Waals surface area contributed by atoms with Crippen LogP contribution < -0.4 is 9.64 Å². The maximum Gasteiger partial charge on any atom is 0.397 e. The second-order valence-corrected chi connectivity index (χ2v) is 10.7. The van der Waals surface area contributed by atoms with E-state index < -0.39 is 89.2 Å². The summed E-state index contributed by atoms with van der Waals surface area (Å²) in [5.74, 6) is -5.08. The molecule has 1 aromatic rings. The molecule has 1 fully saturated rings. The van der Waals surface area contributed by atoms with Crippen LogP contribution in [0.2, 0.25) is 0 Å². The Morgan fingerprint density at radius 2 is 1.79 bits per heavy atom. The number of hydrogen-bond donors (Lipinski definition) is 8. The lowest BCUT2D eigenvalue weighted by molar-refractivity contribution is -0.272. The predicted octanol–water partition coefficient (Wildman–Crippen LogP) is -1.96. The number of ether oxygens (including phenoxy) is 2. The van der Waals surface area contributed by atoms with E-state index in [1.54, 1.807) is 0 Å². The zero-order valence-electron chi connectivity index (χ0n) is 21.7. The van der Waals surface area contributed by atoms with Crippen molar-refractivity contribution in [2.24, 2.45) is 4.99 Å². The first kappa shape index (κ1) is 31.8. The maximum absolute atomic E-state index is 12.1. The average Bonchev–Trinajstić information content (AvgIpc) is 3.28. The van der Waals surface area contributed by atoms with E-state index in [-0.39, 0.29) is 29.9 Å². The molecule has 1 aromatic carbocycles. The first-order valence-corrected chi connectivity index (χ1v) is 13.7. The highest BCUT2D eigenvalue weighted by Crippen LogP contribution is 2.42. The minimum atomic E-state index is -5.18. The number of aliphatic carboxylic acids is 3. The molecule has 3 heterocycles. The number of carboxylic acids is 3. The summed E-state index contributed by atoms with van der Waals surface area (Å²) in [6, 6.07) is -0.285. The number of allylic oxidation sites excluding steroid dienone is 1. The summed E-state index contributed by atoms with van der Waals surface area (Å²) in [5.41, 5.74) is 0.204. The predicted molar refractivity (Wildman–Crippen MR) is 139 cm³/mol. The SMILES string of the molecule is O=C(O)C1=N[C@H](C(=O)O)CC(/C=C/N2c3cc(O)c(O[C@@H]4O[C@H](CO)[C@@H](O)[C@H](OS(=O)(=O)O)[C@H]4O)cc3C[C@H]2C(=O)O)=C1. The van der Waals surface area contributed by atoms with E-state index in [2.05, 4.69) is 9.18 Å². The van der Waals surface area contributed by atoms with Crippen LogP contribution in [0, 0.1) is 0 Å². The van der Waals surface area contributed by atoms with E-state index in [1.807, 2.05) is 0 Å². The fourth-order valence-corrected chi connectivity index (χ4v) is 5.26. The zero-order chi connectivity index (χ0) is 31.8. The molecule has 234 valence electrons. The lowest BCUT2D eigenvalue weighted by Crippen LogP contribution is -2.61. The van der Waals surface area contributed by atoms with Gasteiger partial charge in [0.15, 0.2) is 17.5 Å². The van der Waals surface area contributed by atoms with Gasteiger partial charge in [-0.1, -0.05) is 0 Å². The molecule has 19 heteroatoms. The van der Waals surface area contributed by atoms with Crippen molar-refractivity contribution in [1.82, 2.24) is 0 Å². The molecule has 0 spiro atoms. The summed E-state index contributed by atoms with van der Waals surface area (Å²) in [4.78, 5) is 39.7. The van der Waals surface area contributed by atoms with E-state index in [0.29, 0.717) is 5.56 Å². The standard InChI is InChI=1S/C24H26N2O16S/c27-8-17-18(29)20(42-43(37,38)39)19(30)24(41-17)40-16-6-10-5-14(23(35)36)26(13(10)7-15(16)28)2-1-9-3-11(21(31)32)25-12(4-9)22(33)34/h1-3,6-7,12,14,17-20,24,27-30H,4-5,8H2,(H,31,32)(H,33,34)(H,35,36)(H,37,38,39)/b2-1+/t12-,14-,17+,18+,19+,20-,24+/m0/s1. The van der Waals surface area contributed by atoms with Gasteiger partial charge < -0.3 is 50.1 Å². The number of phenols is 1. The summed E-state index contributed by atoms with van der Waals surface area (Å²) in [7, 11) is -5.18. The van der Waals surface area contributed by atoms with Gasteiger partial charge in [-0.05, 0) is 29.4 Å². The minimum absolute atomic E-state index is 0.148. The van der Waals surface area contributed by atoms with Crippen LogP contribution in [0.1, 0.15) is 12.0 Å². The number of aliphatic hydroxyl groups is 3. The van der Waals surface area contributed by atoms with Gasteiger partial charge in [0.05, 0.1) is 6.61 Å². The van der Waals surface area contributed by atoms with Crippen molar-refractivity contribution < 1.29 is 76.8 Å². The number of aromatic hydroxyl groups is 1. The van der Waals surface area contributed by atoms with Crippen molar-refractivity contribution in [2.45, 2.75) is 55.6 Å². The highest BCUT2D eigenvalue weighted by Gasteiger charge is 2.48. The van der Waals surface area contributed by atoms with Crippen LogP contribution in [0.25, 0.3) is 0 Å². The first-order chi connectivity index (χ1) is 20.1. The van der Waals surface area contributed by atoms with E-state index >= 15 is 0 Å². The zero-order valence-corrected chi connectivity index (χ0v) is 22.5. The number of nitrogens with zero attached hydrogens (tertiary/aromatic N) is 2. The molecular weight excluding hydrogens is 604 g/mol. The molecule has 1 saturated heterocycles. The molecule has 0 amide bonds. The third-order valence-electron chi connectivity index (χ3n) is 6.77. The summed E-state index contributed by atoms with van der Waals surface area (Å²) >= 11 is 0. The first-order valence-electron chi connectivity index (χ1n) is 12.3. The van der Waals surface area contributed by atoms with Crippen LogP contribution >= 0.6 is 0 Å². The highest BCUT2D eigenvalue weighted by molar-refractivity contribution is 7.80. The molecule has 8 N–H and O–H groups in total. The van der Waals surface area contributed by atoms with Crippen LogP contribution in [0.5, 0.6) is 11.5 Å². The molecule has 43 heavy (non-hydrogen) atoms. The van der Waals surface area contributed by atoms with E-state index in [0.717, 1.165) is 12.1 Å². The maximum atomic E-state index is 12.1. The number of aliphatic hydroxyl groups excluding tert-OH is 3. The van der Waals surface area contributed by atoms with E-state index in [1.165, 1.54) is 23.2 Å². The normalized spacial score (nSPS) is 29.1. The van der Waals surface area contributed by atoms with Crippen molar-refractivity contribution in [2.75, 3.05) is 11.5 Å². The van der Waals surface area contributed by atoms with Gasteiger partial charge >= 0.3 is 28.3 Å². The van der Waals surface area contributed by atoms with Gasteiger partial charge in [0, 0.05) is 30.8 Å². The fraction of sp³-hybridized carbons (Fsp3) is 0.417. The summed E-state index contributed by atoms with van der Waals surface area (Å²) in [6.07, 6.45) is -6.01. The molecule has 0 unspecified atom stereocenters. The number of aliphatic imine (C=N–C) groups is 1. The molecule has 4 rings (SSSR count). The van der Waals surface area contributed by atoms with Crippen LogP contribution in [-0.4, -0.2) is 122 Å². The van der Waals surface area contributed by atoms with E-state index in [4.69, 9.17) is 14.0 Å². The molecule has 18 nitrogen and oxygen atoms in total. The van der Waals surface area contributed by atoms with Crippen molar-refractivity contribution >= 4 is 39.7 Å². The third-order valence-corrected chi connectivity index (χ3v) is 7.24. The molecule has 0 saturated carbocycles. The van der Waals surface area contributed by atoms with Gasteiger partial charge in [-0.15, -0.1) is 0 Å². The number of phenolic OH excluding ortho intramolecular Hbond substituents is 1. The second kappa shape index (κ2) is 12.2. The van der Waals surface area contributed by atoms with Crippen molar-refractivity contribution in [1.29, 1.82) is 0 Å². The number of hydrogen-bond acceptors (Lipinski definition) is 14. The molecule has 7 atom stereocenters. The molecular formula is C24H26N2O16S. The van der Waals surface area contributed by atoms with Crippen LogP contribution in [0.3, 0.4) is 0 Å². The molecule has 0 radical (unpaired) electrons. The van der Waals surface area contributed by atoms with Gasteiger partial charge in [-0.3, -0.25) is 9.55 Å². The number of carboxylic acid groups (broad SMARTS) is 3. The Morgan fingerprint density at radius 3 is 2.37 bits per heavy atom. The molecule has 3 aliphatic rings. The minimum Gasteiger partial charge on any atom is -0.504 e. The topological polar surface area (TPSA) is 290 Å². The summed E-state index contributed by atoms with van der Waals surface area (Å²) in [5, 5.41) is 69.3. The number of anilines is 1. The van der Waals surface area contributed by atoms with Crippen LogP contribution in [-0.2, 0) is 40.1 Å². The summed E-state index contributed by atoms with van der Waals surface area (Å²) in [6.45, 7) is -0.889. The van der Waals surface area contributed by atoms with Crippen molar-refractivity contribution in [3.63, 3.8) is 0 Å². The third kappa shape index (κ3) is 6.94. The van der Waals surface area contributed by atoms with E-state index in [9.17, 15) is 58.5 Å². The van der Waals surface area contributed by atoms with Gasteiger partial charge in [-0.2, -0.15) is 8.42 Å².